The molecule has 74 valence electrons. The van der Waals surface area contributed by atoms with Gasteiger partial charge in [0, 0.05) is 4.88 Å². The predicted molar refractivity (Wildman–Crippen MR) is 58.0 cm³/mol. The molecule has 1 heterocycles. The van der Waals surface area contributed by atoms with Crippen LogP contribution in [-0.2, 0) is 0 Å². The van der Waals surface area contributed by atoms with Gasteiger partial charge in [-0.15, -0.1) is 11.3 Å². The molecule has 0 aliphatic carbocycles. The molecule has 1 aromatic heterocycles. The summed E-state index contributed by atoms with van der Waals surface area (Å²) < 4.78 is 0. The van der Waals surface area contributed by atoms with Crippen LogP contribution in [0, 0.1) is 0 Å². The maximum Gasteiger partial charge on any atom is 0.0882 e. The normalized spacial score (nSPS) is 13.1. The Morgan fingerprint density at radius 2 is 2.23 bits per heavy atom. The highest BCUT2D eigenvalue weighted by Gasteiger charge is 2.06. The topological polar surface area (TPSA) is 20.2 Å². The lowest BCUT2D eigenvalue weighted by atomic mass is 10.1. The van der Waals surface area contributed by atoms with Crippen LogP contribution in [0.1, 0.15) is 50.0 Å². The van der Waals surface area contributed by atoms with E-state index in [1.807, 2.05) is 17.5 Å². The first kappa shape index (κ1) is 10.7. The van der Waals surface area contributed by atoms with Crippen LogP contribution in [0.4, 0.5) is 0 Å². The molecule has 13 heavy (non-hydrogen) atoms. The summed E-state index contributed by atoms with van der Waals surface area (Å²) in [7, 11) is 0. The molecule has 0 aliphatic rings. The Morgan fingerprint density at radius 1 is 1.38 bits per heavy atom. The largest absolute Gasteiger partial charge is 0.388 e. The fourth-order valence-electron chi connectivity index (χ4n) is 1.39. The third-order valence-electron chi connectivity index (χ3n) is 2.20. The zero-order valence-electron chi connectivity index (χ0n) is 8.20. The molecule has 0 bridgehead atoms. The monoisotopic (exact) mass is 198 g/mol. The highest BCUT2D eigenvalue weighted by Crippen LogP contribution is 2.23. The molecule has 0 aliphatic heterocycles. The number of rotatable bonds is 6. The van der Waals surface area contributed by atoms with E-state index < -0.39 is 0 Å². The van der Waals surface area contributed by atoms with Crippen molar-refractivity contribution in [2.75, 3.05) is 0 Å². The average Bonchev–Trinajstić information content (AvgIpc) is 2.65. The van der Waals surface area contributed by atoms with Gasteiger partial charge >= 0.3 is 0 Å². The summed E-state index contributed by atoms with van der Waals surface area (Å²) in [6.45, 7) is 2.20. The van der Waals surface area contributed by atoms with E-state index in [-0.39, 0.29) is 6.10 Å². The van der Waals surface area contributed by atoms with Gasteiger partial charge in [0.25, 0.3) is 0 Å². The number of aliphatic hydroxyl groups is 1. The molecule has 1 nitrogen and oxygen atoms in total. The molecule has 2 heteroatoms. The Balaban J connectivity index is 2.15. The van der Waals surface area contributed by atoms with Crippen LogP contribution in [0.3, 0.4) is 0 Å². The fourth-order valence-corrected chi connectivity index (χ4v) is 2.13. The van der Waals surface area contributed by atoms with E-state index in [1.54, 1.807) is 11.3 Å². The Kier molecular flexibility index (Phi) is 5.09. The predicted octanol–water partition coefficient (Wildman–Crippen LogP) is 3.75. The lowest BCUT2D eigenvalue weighted by Gasteiger charge is -2.07. The van der Waals surface area contributed by atoms with Crippen molar-refractivity contribution in [1.29, 1.82) is 0 Å². The zero-order valence-corrected chi connectivity index (χ0v) is 9.02. The van der Waals surface area contributed by atoms with Gasteiger partial charge in [0.15, 0.2) is 0 Å². The van der Waals surface area contributed by atoms with Crippen LogP contribution >= 0.6 is 11.3 Å². The molecule has 0 unspecified atom stereocenters. The van der Waals surface area contributed by atoms with Crippen molar-refractivity contribution in [2.24, 2.45) is 0 Å². The summed E-state index contributed by atoms with van der Waals surface area (Å²) >= 11 is 1.64. The molecule has 1 aromatic rings. The van der Waals surface area contributed by atoms with Crippen molar-refractivity contribution in [3.8, 4) is 0 Å². The van der Waals surface area contributed by atoms with Gasteiger partial charge in [0.05, 0.1) is 6.10 Å². The number of hydrogen-bond acceptors (Lipinski definition) is 2. The van der Waals surface area contributed by atoms with E-state index >= 15 is 0 Å². The smallest absolute Gasteiger partial charge is 0.0882 e. The van der Waals surface area contributed by atoms with E-state index in [9.17, 15) is 5.11 Å². The SMILES string of the molecule is CCCCCC[C@@H](O)c1cccs1. The highest BCUT2D eigenvalue weighted by molar-refractivity contribution is 7.10. The minimum Gasteiger partial charge on any atom is -0.388 e. The fraction of sp³-hybridized carbons (Fsp3) is 0.636. The minimum absolute atomic E-state index is 0.225. The van der Waals surface area contributed by atoms with E-state index in [4.69, 9.17) is 0 Å². The first-order valence-corrected chi connectivity index (χ1v) is 5.94. The van der Waals surface area contributed by atoms with Gasteiger partial charge in [0.1, 0.15) is 0 Å². The molecular formula is C11H18OS. The molecule has 0 spiro atoms. The summed E-state index contributed by atoms with van der Waals surface area (Å²) in [4.78, 5) is 1.11. The van der Waals surface area contributed by atoms with E-state index in [1.165, 1.54) is 19.3 Å². The molecule has 0 aromatic carbocycles. The lowest BCUT2D eigenvalue weighted by molar-refractivity contribution is 0.167. The van der Waals surface area contributed by atoms with Gasteiger partial charge in [-0.3, -0.25) is 0 Å². The minimum atomic E-state index is -0.225. The molecule has 0 fully saturated rings. The molecule has 0 amide bonds. The summed E-state index contributed by atoms with van der Waals surface area (Å²) in [6.07, 6.45) is 5.63. The van der Waals surface area contributed by atoms with Crippen LogP contribution < -0.4 is 0 Å². The summed E-state index contributed by atoms with van der Waals surface area (Å²) in [6, 6.07) is 4.00. The van der Waals surface area contributed by atoms with Crippen molar-refractivity contribution in [1.82, 2.24) is 0 Å². The Labute approximate surface area is 84.4 Å². The van der Waals surface area contributed by atoms with Crippen LogP contribution in [0.2, 0.25) is 0 Å². The van der Waals surface area contributed by atoms with Gasteiger partial charge in [-0.05, 0) is 17.9 Å². The number of aliphatic hydroxyl groups excluding tert-OH is 1. The first-order valence-electron chi connectivity index (χ1n) is 5.06. The number of thiophene rings is 1. The molecule has 1 rings (SSSR count). The highest BCUT2D eigenvalue weighted by atomic mass is 32.1. The van der Waals surface area contributed by atoms with E-state index in [2.05, 4.69) is 6.92 Å². The van der Waals surface area contributed by atoms with Gasteiger partial charge in [-0.1, -0.05) is 38.7 Å². The molecular weight excluding hydrogens is 180 g/mol. The first-order chi connectivity index (χ1) is 6.34. The maximum atomic E-state index is 9.72. The third kappa shape index (κ3) is 3.92. The molecule has 1 atom stereocenters. The summed E-state index contributed by atoms with van der Waals surface area (Å²) in [5, 5.41) is 11.7. The van der Waals surface area contributed by atoms with Gasteiger partial charge in [-0.2, -0.15) is 0 Å². The van der Waals surface area contributed by atoms with Crippen LogP contribution in [0.15, 0.2) is 17.5 Å². The standard InChI is InChI=1S/C11H18OS/c1-2-3-4-5-7-10(12)11-8-6-9-13-11/h6,8-10,12H,2-5,7H2,1H3/t10-/m1/s1. The van der Waals surface area contributed by atoms with Crippen molar-refractivity contribution >= 4 is 11.3 Å². The zero-order chi connectivity index (χ0) is 9.52. The summed E-state index contributed by atoms with van der Waals surface area (Å²) in [5.41, 5.74) is 0. The van der Waals surface area contributed by atoms with Gasteiger partial charge in [-0.25, -0.2) is 0 Å². The Bertz CT molecular complexity index is 206. The second kappa shape index (κ2) is 6.17. The van der Waals surface area contributed by atoms with Gasteiger partial charge in [0.2, 0.25) is 0 Å². The van der Waals surface area contributed by atoms with E-state index in [0.717, 1.165) is 17.7 Å². The van der Waals surface area contributed by atoms with Crippen LogP contribution in [0.5, 0.6) is 0 Å². The quantitative estimate of drug-likeness (QED) is 0.690. The van der Waals surface area contributed by atoms with Crippen LogP contribution in [0.25, 0.3) is 0 Å². The van der Waals surface area contributed by atoms with Crippen molar-refractivity contribution < 1.29 is 5.11 Å². The van der Waals surface area contributed by atoms with Crippen molar-refractivity contribution in [3.05, 3.63) is 22.4 Å². The van der Waals surface area contributed by atoms with Crippen LogP contribution in [-0.4, -0.2) is 5.11 Å². The molecule has 0 radical (unpaired) electrons. The number of unbranched alkanes of at least 4 members (excludes halogenated alkanes) is 3. The summed E-state index contributed by atoms with van der Waals surface area (Å²) in [5.74, 6) is 0. The second-order valence-electron chi connectivity index (χ2n) is 3.38. The molecule has 0 saturated carbocycles. The molecule has 0 saturated heterocycles. The Hall–Kier alpha value is -0.340. The number of hydrogen-bond donors (Lipinski definition) is 1. The van der Waals surface area contributed by atoms with Crippen molar-refractivity contribution in [2.45, 2.75) is 45.1 Å². The lowest BCUT2D eigenvalue weighted by Crippen LogP contribution is -1.93. The average molecular weight is 198 g/mol. The maximum absolute atomic E-state index is 9.72. The van der Waals surface area contributed by atoms with Crippen molar-refractivity contribution in [3.63, 3.8) is 0 Å². The van der Waals surface area contributed by atoms with Gasteiger partial charge < -0.3 is 5.11 Å². The second-order valence-corrected chi connectivity index (χ2v) is 4.36. The Morgan fingerprint density at radius 3 is 2.85 bits per heavy atom. The van der Waals surface area contributed by atoms with E-state index in [0.29, 0.717) is 0 Å². The third-order valence-corrected chi connectivity index (χ3v) is 3.18. The molecule has 1 N–H and O–H groups in total.